The van der Waals surface area contributed by atoms with Crippen molar-refractivity contribution in [3.63, 3.8) is 0 Å². The van der Waals surface area contributed by atoms with E-state index in [1.165, 1.54) is 12.1 Å². The summed E-state index contributed by atoms with van der Waals surface area (Å²) in [4.78, 5) is 22.9. The molecule has 1 aromatic carbocycles. The fourth-order valence-corrected chi connectivity index (χ4v) is 3.39. The largest absolute Gasteiger partial charge is 0.480 e. The number of aliphatic carboxylic acids is 1. The van der Waals surface area contributed by atoms with Crippen molar-refractivity contribution >= 4 is 64.1 Å². The van der Waals surface area contributed by atoms with E-state index in [1.54, 1.807) is 13.8 Å². The normalized spacial score (nSPS) is 12.3. The lowest BCUT2D eigenvalue weighted by Gasteiger charge is -2.15. The number of carbonyl (C=O) groups excluding carboxylic acids is 1. The number of carbonyl (C=O) groups is 2. The molecule has 116 valence electrons. The number of benzene rings is 1. The predicted molar refractivity (Wildman–Crippen MR) is 88.8 cm³/mol. The number of halogens is 3. The fraction of sp³-hybridized carbons (Fsp3) is 0.385. The summed E-state index contributed by atoms with van der Waals surface area (Å²) in [6.45, 7) is 3.58. The number of amides is 1. The van der Waals surface area contributed by atoms with E-state index in [4.69, 9.17) is 39.9 Å². The van der Waals surface area contributed by atoms with E-state index in [-0.39, 0.29) is 33.3 Å². The summed E-state index contributed by atoms with van der Waals surface area (Å²) in [5.41, 5.74) is 0.268. The Morgan fingerprint density at radius 1 is 1.24 bits per heavy atom. The second kappa shape index (κ2) is 8.13. The van der Waals surface area contributed by atoms with Crippen LogP contribution in [-0.2, 0) is 9.59 Å². The zero-order chi connectivity index (χ0) is 16.2. The van der Waals surface area contributed by atoms with E-state index in [9.17, 15) is 9.59 Å². The Kier molecular flexibility index (Phi) is 7.13. The lowest BCUT2D eigenvalue weighted by atomic mass is 10.1. The molecule has 0 heterocycles. The number of carboxylic acid groups (broad SMARTS) is 1. The van der Waals surface area contributed by atoms with Crippen molar-refractivity contribution in [3.8, 4) is 0 Å². The molecule has 0 saturated heterocycles. The van der Waals surface area contributed by atoms with Gasteiger partial charge in [0, 0.05) is 5.02 Å². The van der Waals surface area contributed by atoms with Crippen molar-refractivity contribution in [2.24, 2.45) is 5.92 Å². The maximum atomic E-state index is 11.9. The zero-order valence-electron chi connectivity index (χ0n) is 11.3. The second-order valence-corrected chi connectivity index (χ2v) is 6.99. The summed E-state index contributed by atoms with van der Waals surface area (Å²) < 4.78 is 0. The number of nitrogens with one attached hydrogen (secondary N) is 1. The van der Waals surface area contributed by atoms with Crippen molar-refractivity contribution in [2.75, 3.05) is 11.1 Å². The molecular formula is C13H14Cl3NO3S. The molecule has 0 radical (unpaired) electrons. The van der Waals surface area contributed by atoms with Crippen LogP contribution in [0.25, 0.3) is 0 Å². The van der Waals surface area contributed by atoms with Gasteiger partial charge in [-0.1, -0.05) is 48.7 Å². The predicted octanol–water partition coefficient (Wildman–Crippen LogP) is 4.43. The van der Waals surface area contributed by atoms with Crippen LogP contribution in [0.15, 0.2) is 12.1 Å². The quantitative estimate of drug-likeness (QED) is 0.777. The number of anilines is 1. The Bertz CT molecular complexity index is 528. The number of hydrogen-bond donors (Lipinski definition) is 2. The number of carboxylic acids is 1. The Hall–Kier alpha value is -0.620. The van der Waals surface area contributed by atoms with Gasteiger partial charge in [0.1, 0.15) is 5.25 Å². The minimum absolute atomic E-state index is 0.00949. The molecule has 1 rings (SSSR count). The highest BCUT2D eigenvalue weighted by atomic mass is 35.5. The molecule has 0 saturated carbocycles. The van der Waals surface area contributed by atoms with Gasteiger partial charge in [-0.05, 0) is 18.1 Å². The van der Waals surface area contributed by atoms with Crippen molar-refractivity contribution in [3.05, 3.63) is 27.2 Å². The molecule has 0 aliphatic rings. The molecule has 1 aromatic rings. The third-order valence-electron chi connectivity index (χ3n) is 2.51. The van der Waals surface area contributed by atoms with Crippen LogP contribution in [0, 0.1) is 5.92 Å². The third-order valence-corrected chi connectivity index (χ3v) is 4.86. The van der Waals surface area contributed by atoms with Crippen LogP contribution < -0.4 is 5.32 Å². The molecule has 0 bridgehead atoms. The van der Waals surface area contributed by atoms with Gasteiger partial charge in [0.25, 0.3) is 0 Å². The smallest absolute Gasteiger partial charge is 0.316 e. The lowest BCUT2D eigenvalue weighted by Crippen LogP contribution is -2.25. The van der Waals surface area contributed by atoms with Crippen molar-refractivity contribution < 1.29 is 14.7 Å². The van der Waals surface area contributed by atoms with Crippen LogP contribution >= 0.6 is 46.6 Å². The minimum atomic E-state index is -0.939. The number of thioether (sulfide) groups is 1. The van der Waals surface area contributed by atoms with Crippen molar-refractivity contribution in [2.45, 2.75) is 19.1 Å². The summed E-state index contributed by atoms with van der Waals surface area (Å²) in [5.74, 6) is -1.41. The van der Waals surface area contributed by atoms with E-state index in [1.807, 2.05) is 0 Å². The number of rotatable bonds is 6. The van der Waals surface area contributed by atoms with Gasteiger partial charge in [0.2, 0.25) is 5.91 Å². The summed E-state index contributed by atoms with van der Waals surface area (Å²) in [7, 11) is 0. The van der Waals surface area contributed by atoms with Crippen molar-refractivity contribution in [1.29, 1.82) is 0 Å². The molecule has 1 amide bonds. The molecule has 2 N–H and O–H groups in total. The Morgan fingerprint density at radius 3 is 2.19 bits per heavy atom. The maximum absolute atomic E-state index is 11.9. The summed E-state index contributed by atoms with van der Waals surface area (Å²) in [6, 6.07) is 2.93. The lowest BCUT2D eigenvalue weighted by molar-refractivity contribution is -0.137. The van der Waals surface area contributed by atoms with Crippen LogP contribution in [0.4, 0.5) is 5.69 Å². The Morgan fingerprint density at radius 2 is 1.76 bits per heavy atom. The first kappa shape index (κ1) is 18.4. The molecule has 0 fully saturated rings. The van der Waals surface area contributed by atoms with E-state index in [0.29, 0.717) is 5.02 Å². The minimum Gasteiger partial charge on any atom is -0.480 e. The highest BCUT2D eigenvalue weighted by Gasteiger charge is 2.23. The van der Waals surface area contributed by atoms with Crippen LogP contribution in [0.1, 0.15) is 13.8 Å². The molecule has 8 heteroatoms. The van der Waals surface area contributed by atoms with Crippen LogP contribution in [0.5, 0.6) is 0 Å². The Balaban J connectivity index is 2.69. The van der Waals surface area contributed by atoms with Crippen LogP contribution in [-0.4, -0.2) is 28.0 Å². The first-order chi connectivity index (χ1) is 9.72. The highest BCUT2D eigenvalue weighted by Crippen LogP contribution is 2.33. The van der Waals surface area contributed by atoms with E-state index in [0.717, 1.165) is 11.8 Å². The SMILES string of the molecule is CC(C)C(SCC(=O)Nc1c(Cl)cc(Cl)cc1Cl)C(=O)O. The fourth-order valence-electron chi connectivity index (χ4n) is 1.55. The average molecular weight is 371 g/mol. The molecule has 0 spiro atoms. The van der Waals surface area contributed by atoms with Crippen LogP contribution in [0.2, 0.25) is 15.1 Å². The Labute approximate surface area is 142 Å². The molecular weight excluding hydrogens is 357 g/mol. The first-order valence-corrected chi connectivity index (χ1v) is 8.19. The highest BCUT2D eigenvalue weighted by molar-refractivity contribution is 8.01. The maximum Gasteiger partial charge on any atom is 0.316 e. The first-order valence-electron chi connectivity index (χ1n) is 6.01. The van der Waals surface area contributed by atoms with Gasteiger partial charge in [0.05, 0.1) is 21.5 Å². The molecule has 4 nitrogen and oxygen atoms in total. The summed E-state index contributed by atoms with van der Waals surface area (Å²) in [5, 5.41) is 11.8. The third kappa shape index (κ3) is 5.58. The zero-order valence-corrected chi connectivity index (χ0v) is 14.4. The second-order valence-electron chi connectivity index (χ2n) is 4.61. The molecule has 1 atom stereocenters. The molecule has 21 heavy (non-hydrogen) atoms. The molecule has 0 aliphatic heterocycles. The van der Waals surface area contributed by atoms with Gasteiger partial charge in [-0.2, -0.15) is 0 Å². The summed E-state index contributed by atoms with van der Waals surface area (Å²) >= 11 is 18.8. The summed E-state index contributed by atoms with van der Waals surface area (Å²) in [6.07, 6.45) is 0. The van der Waals surface area contributed by atoms with E-state index >= 15 is 0 Å². The van der Waals surface area contributed by atoms with Crippen LogP contribution in [0.3, 0.4) is 0 Å². The molecule has 0 aromatic heterocycles. The standard InChI is InChI=1S/C13H14Cl3NO3S/c1-6(2)12(13(19)20)21-5-10(18)17-11-8(15)3-7(14)4-9(11)16/h3-4,6,12H,5H2,1-2H3,(H,17,18)(H,19,20). The monoisotopic (exact) mass is 369 g/mol. The van der Waals surface area contributed by atoms with Crippen molar-refractivity contribution in [1.82, 2.24) is 0 Å². The van der Waals surface area contributed by atoms with Gasteiger partial charge < -0.3 is 10.4 Å². The molecule has 0 aliphatic carbocycles. The van der Waals surface area contributed by atoms with Gasteiger partial charge in [-0.3, -0.25) is 9.59 Å². The molecule has 1 unspecified atom stereocenters. The van der Waals surface area contributed by atoms with Gasteiger partial charge in [-0.15, -0.1) is 11.8 Å². The number of hydrogen-bond acceptors (Lipinski definition) is 3. The van der Waals surface area contributed by atoms with E-state index < -0.39 is 11.2 Å². The topological polar surface area (TPSA) is 66.4 Å². The average Bonchev–Trinajstić information content (AvgIpc) is 2.33. The van der Waals surface area contributed by atoms with Gasteiger partial charge >= 0.3 is 5.97 Å². The van der Waals surface area contributed by atoms with E-state index in [2.05, 4.69) is 5.32 Å². The van der Waals surface area contributed by atoms with Gasteiger partial charge in [0.15, 0.2) is 0 Å². The van der Waals surface area contributed by atoms with Gasteiger partial charge in [-0.25, -0.2) is 0 Å².